The van der Waals surface area contributed by atoms with E-state index in [1.54, 1.807) is 12.3 Å². The molecule has 0 spiro atoms. The molecule has 1 N–H and O–H groups in total. The van der Waals surface area contributed by atoms with Crippen molar-refractivity contribution in [1.82, 2.24) is 4.98 Å². The first-order valence-electron chi connectivity index (χ1n) is 4.94. The molecule has 5 heteroatoms. The summed E-state index contributed by atoms with van der Waals surface area (Å²) in [4.78, 5) is 3.78. The van der Waals surface area contributed by atoms with E-state index in [1.165, 1.54) is 12.3 Å². The quantitative estimate of drug-likeness (QED) is 0.916. The highest BCUT2D eigenvalue weighted by Crippen LogP contribution is 2.30. The van der Waals surface area contributed by atoms with Gasteiger partial charge in [0.15, 0.2) is 0 Å². The Morgan fingerprint density at radius 1 is 1.35 bits per heavy atom. The summed E-state index contributed by atoms with van der Waals surface area (Å²) in [6.07, 6.45) is 2.80. The van der Waals surface area contributed by atoms with E-state index in [4.69, 9.17) is 11.6 Å². The van der Waals surface area contributed by atoms with E-state index in [1.807, 2.05) is 12.1 Å². The average Bonchev–Trinajstić information content (AvgIpc) is 2.31. The predicted octanol–water partition coefficient (Wildman–Crippen LogP) is 4.25. The molecule has 0 saturated heterocycles. The number of nitrogens with zero attached hydrogens (tertiary/aromatic N) is 1. The van der Waals surface area contributed by atoms with Gasteiger partial charge in [-0.1, -0.05) is 17.7 Å². The normalized spacial score (nSPS) is 10.3. The molecule has 1 heterocycles. The van der Waals surface area contributed by atoms with Gasteiger partial charge in [0.25, 0.3) is 0 Å². The van der Waals surface area contributed by atoms with Crippen LogP contribution in [0.2, 0.25) is 5.02 Å². The zero-order valence-corrected chi connectivity index (χ0v) is 11.1. The highest BCUT2D eigenvalue weighted by molar-refractivity contribution is 9.10. The summed E-state index contributed by atoms with van der Waals surface area (Å²) < 4.78 is 13.7. The Balaban J connectivity index is 2.10. The van der Waals surface area contributed by atoms with Crippen LogP contribution in [0.15, 0.2) is 41.1 Å². The van der Waals surface area contributed by atoms with Crippen LogP contribution in [0.4, 0.5) is 10.1 Å². The summed E-state index contributed by atoms with van der Waals surface area (Å²) in [6, 6.07) is 6.97. The number of aromatic nitrogens is 1. The molecule has 0 aliphatic heterocycles. The molecular weight excluding hydrogens is 307 g/mol. The van der Waals surface area contributed by atoms with Gasteiger partial charge in [0.2, 0.25) is 0 Å². The van der Waals surface area contributed by atoms with Crippen molar-refractivity contribution in [2.45, 2.75) is 6.54 Å². The maximum Gasteiger partial charge on any atom is 0.141 e. The fraction of sp³-hybridized carbons (Fsp3) is 0.0833. The van der Waals surface area contributed by atoms with Crippen molar-refractivity contribution < 1.29 is 4.39 Å². The number of nitrogens with one attached hydrogen (secondary N) is 1. The third-order valence-corrected chi connectivity index (χ3v) is 3.59. The zero-order chi connectivity index (χ0) is 12.3. The van der Waals surface area contributed by atoms with Gasteiger partial charge in [-0.15, -0.1) is 0 Å². The molecule has 0 radical (unpaired) electrons. The fourth-order valence-corrected chi connectivity index (χ4v) is 1.97. The number of hydrogen-bond donors (Lipinski definition) is 1. The van der Waals surface area contributed by atoms with Crippen molar-refractivity contribution in [2.24, 2.45) is 0 Å². The molecule has 88 valence electrons. The van der Waals surface area contributed by atoms with Gasteiger partial charge < -0.3 is 5.32 Å². The van der Waals surface area contributed by atoms with Gasteiger partial charge >= 0.3 is 0 Å². The van der Waals surface area contributed by atoms with Crippen LogP contribution < -0.4 is 5.32 Å². The van der Waals surface area contributed by atoms with Gasteiger partial charge in [-0.05, 0) is 39.7 Å². The number of hydrogen-bond acceptors (Lipinski definition) is 2. The first-order valence-corrected chi connectivity index (χ1v) is 6.11. The Morgan fingerprint density at radius 3 is 2.94 bits per heavy atom. The Hall–Kier alpha value is -1.13. The number of pyridine rings is 1. The maximum absolute atomic E-state index is 12.9. The Kier molecular flexibility index (Phi) is 3.97. The molecule has 0 atom stereocenters. The van der Waals surface area contributed by atoms with Crippen molar-refractivity contribution in [1.29, 1.82) is 0 Å². The lowest BCUT2D eigenvalue weighted by atomic mass is 10.2. The SMILES string of the molecule is Fc1cncc(CNc2cccc(Cl)c2Br)c1. The zero-order valence-electron chi connectivity index (χ0n) is 8.75. The van der Waals surface area contributed by atoms with E-state index in [0.29, 0.717) is 11.6 Å². The van der Waals surface area contributed by atoms with Gasteiger partial charge in [0.1, 0.15) is 5.82 Å². The van der Waals surface area contributed by atoms with Crippen LogP contribution in [-0.4, -0.2) is 4.98 Å². The molecule has 0 aliphatic carbocycles. The van der Waals surface area contributed by atoms with E-state index in [0.717, 1.165) is 15.7 Å². The van der Waals surface area contributed by atoms with Crippen LogP contribution in [0, 0.1) is 5.82 Å². The highest BCUT2D eigenvalue weighted by atomic mass is 79.9. The molecule has 0 fully saturated rings. The molecular formula is C12H9BrClFN2. The van der Waals surface area contributed by atoms with Crippen molar-refractivity contribution in [2.75, 3.05) is 5.32 Å². The topological polar surface area (TPSA) is 24.9 Å². The third-order valence-electron chi connectivity index (χ3n) is 2.20. The molecule has 0 bridgehead atoms. The second-order valence-corrected chi connectivity index (χ2v) is 4.67. The van der Waals surface area contributed by atoms with Gasteiger partial charge in [-0.3, -0.25) is 4.98 Å². The Bertz CT molecular complexity index is 534. The summed E-state index contributed by atoms with van der Waals surface area (Å²) in [7, 11) is 0. The molecule has 0 amide bonds. The monoisotopic (exact) mass is 314 g/mol. The van der Waals surface area contributed by atoms with Gasteiger partial charge in [0.05, 0.1) is 21.4 Å². The standard InChI is InChI=1S/C12H9BrClFN2/c13-12-10(14)2-1-3-11(12)17-6-8-4-9(15)7-16-5-8/h1-5,7,17H,6H2. The van der Waals surface area contributed by atoms with E-state index in [9.17, 15) is 4.39 Å². The minimum Gasteiger partial charge on any atom is -0.380 e. The smallest absolute Gasteiger partial charge is 0.141 e. The molecule has 1 aromatic heterocycles. The van der Waals surface area contributed by atoms with Crippen LogP contribution in [0.1, 0.15) is 5.56 Å². The minimum atomic E-state index is -0.338. The summed E-state index contributed by atoms with van der Waals surface area (Å²) >= 11 is 9.35. The second kappa shape index (κ2) is 5.47. The lowest BCUT2D eigenvalue weighted by Crippen LogP contribution is -2.01. The van der Waals surface area contributed by atoms with Crippen molar-refractivity contribution in [3.8, 4) is 0 Å². The lowest BCUT2D eigenvalue weighted by molar-refractivity contribution is 0.619. The Morgan fingerprint density at radius 2 is 2.18 bits per heavy atom. The van der Waals surface area contributed by atoms with Crippen molar-refractivity contribution in [3.05, 3.63) is 57.5 Å². The van der Waals surface area contributed by atoms with Crippen molar-refractivity contribution in [3.63, 3.8) is 0 Å². The number of rotatable bonds is 3. The van der Waals surface area contributed by atoms with E-state index >= 15 is 0 Å². The van der Waals surface area contributed by atoms with Gasteiger partial charge in [-0.25, -0.2) is 4.39 Å². The van der Waals surface area contributed by atoms with E-state index < -0.39 is 0 Å². The van der Waals surface area contributed by atoms with Crippen molar-refractivity contribution >= 4 is 33.2 Å². The largest absolute Gasteiger partial charge is 0.380 e. The van der Waals surface area contributed by atoms with Crippen LogP contribution in [0.25, 0.3) is 0 Å². The van der Waals surface area contributed by atoms with Crippen LogP contribution in [0.3, 0.4) is 0 Å². The first kappa shape index (κ1) is 12.3. The van der Waals surface area contributed by atoms with Crippen LogP contribution >= 0.6 is 27.5 Å². The predicted molar refractivity (Wildman–Crippen MR) is 70.7 cm³/mol. The maximum atomic E-state index is 12.9. The average molecular weight is 316 g/mol. The van der Waals surface area contributed by atoms with Crippen LogP contribution in [-0.2, 0) is 6.54 Å². The number of anilines is 1. The van der Waals surface area contributed by atoms with Gasteiger partial charge in [-0.2, -0.15) is 0 Å². The summed E-state index contributed by atoms with van der Waals surface area (Å²) in [5.41, 5.74) is 1.64. The highest BCUT2D eigenvalue weighted by Gasteiger charge is 2.03. The molecule has 0 unspecified atom stereocenters. The first-order chi connectivity index (χ1) is 8.16. The third kappa shape index (κ3) is 3.17. The lowest BCUT2D eigenvalue weighted by Gasteiger charge is -2.09. The van der Waals surface area contributed by atoms with Gasteiger partial charge in [0, 0.05) is 12.7 Å². The summed E-state index contributed by atoms with van der Waals surface area (Å²) in [6.45, 7) is 0.490. The molecule has 1 aromatic carbocycles. The number of benzene rings is 1. The summed E-state index contributed by atoms with van der Waals surface area (Å²) in [5, 5.41) is 3.79. The Labute approximate surface area is 112 Å². The second-order valence-electron chi connectivity index (χ2n) is 3.47. The molecule has 2 rings (SSSR count). The van der Waals surface area contributed by atoms with E-state index in [2.05, 4.69) is 26.2 Å². The minimum absolute atomic E-state index is 0.338. The fourth-order valence-electron chi connectivity index (χ4n) is 1.39. The van der Waals surface area contributed by atoms with E-state index in [-0.39, 0.29) is 5.82 Å². The number of halogens is 3. The molecule has 17 heavy (non-hydrogen) atoms. The molecule has 0 saturated carbocycles. The summed E-state index contributed by atoms with van der Waals surface area (Å²) in [5.74, 6) is -0.338. The molecule has 2 aromatic rings. The van der Waals surface area contributed by atoms with Crippen LogP contribution in [0.5, 0.6) is 0 Å². The molecule has 2 nitrogen and oxygen atoms in total. The molecule has 0 aliphatic rings.